The molecule has 0 spiro atoms. The maximum absolute atomic E-state index is 10.6. The Balaban J connectivity index is 2.38. The molecule has 0 bridgehead atoms. The zero-order valence-corrected chi connectivity index (χ0v) is 8.38. The van der Waals surface area contributed by atoms with Gasteiger partial charge in [0.05, 0.1) is 7.11 Å². The highest BCUT2D eigenvalue weighted by molar-refractivity contribution is 5.86. The molecule has 0 atom stereocenters. The summed E-state index contributed by atoms with van der Waals surface area (Å²) in [5, 5.41) is 12.1. The number of carboxylic acids is 1. The minimum atomic E-state index is -1.13. The van der Waals surface area contributed by atoms with Gasteiger partial charge in [0.1, 0.15) is 0 Å². The van der Waals surface area contributed by atoms with Crippen molar-refractivity contribution in [2.75, 3.05) is 7.11 Å². The third-order valence-electron chi connectivity index (χ3n) is 1.96. The highest BCUT2D eigenvalue weighted by Gasteiger charge is 2.12. The lowest BCUT2D eigenvalue weighted by atomic mass is 10.2. The summed E-state index contributed by atoms with van der Waals surface area (Å²) in [6, 6.07) is 4.65. The Hall–Kier alpha value is -2.37. The van der Waals surface area contributed by atoms with Crippen molar-refractivity contribution in [3.63, 3.8) is 0 Å². The van der Waals surface area contributed by atoms with E-state index in [2.05, 4.69) is 10.1 Å². The number of ether oxygens (including phenoxy) is 1. The second-order valence-electron chi connectivity index (χ2n) is 2.97. The van der Waals surface area contributed by atoms with Crippen molar-refractivity contribution >= 4 is 5.97 Å². The summed E-state index contributed by atoms with van der Waals surface area (Å²) in [5.41, 5.74) is 0.526. The second-order valence-corrected chi connectivity index (χ2v) is 2.97. The molecule has 0 aliphatic heterocycles. The number of pyridine rings is 1. The monoisotopic (exact) mass is 220 g/mol. The first-order chi connectivity index (χ1) is 7.70. The molecule has 0 aliphatic rings. The minimum absolute atomic E-state index is 0.134. The Morgan fingerprint density at radius 1 is 1.50 bits per heavy atom. The molecule has 6 nitrogen and oxygen atoms in total. The predicted molar refractivity (Wildman–Crippen MR) is 53.2 cm³/mol. The number of methoxy groups -OCH3 is 1. The summed E-state index contributed by atoms with van der Waals surface area (Å²) in [7, 11) is 1.50. The van der Waals surface area contributed by atoms with Crippen LogP contribution in [0.1, 0.15) is 10.5 Å². The van der Waals surface area contributed by atoms with Crippen molar-refractivity contribution in [3.05, 3.63) is 30.1 Å². The number of aromatic nitrogens is 2. The van der Waals surface area contributed by atoms with E-state index in [1.54, 1.807) is 12.1 Å². The first kappa shape index (κ1) is 10.2. The molecule has 2 heterocycles. The first-order valence-corrected chi connectivity index (χ1v) is 4.41. The van der Waals surface area contributed by atoms with Crippen LogP contribution in [0.2, 0.25) is 0 Å². The Kier molecular flexibility index (Phi) is 2.55. The van der Waals surface area contributed by atoms with Crippen LogP contribution in [0.25, 0.3) is 11.3 Å². The van der Waals surface area contributed by atoms with Crippen LogP contribution in [0.4, 0.5) is 0 Å². The number of rotatable bonds is 3. The van der Waals surface area contributed by atoms with Crippen molar-refractivity contribution in [1.29, 1.82) is 0 Å². The van der Waals surface area contributed by atoms with Crippen LogP contribution in [-0.2, 0) is 0 Å². The lowest BCUT2D eigenvalue weighted by molar-refractivity contribution is 0.0686. The van der Waals surface area contributed by atoms with Crippen molar-refractivity contribution in [3.8, 4) is 17.2 Å². The number of nitrogens with zero attached hydrogens (tertiary/aromatic N) is 2. The Bertz CT molecular complexity index is 521. The summed E-state index contributed by atoms with van der Waals surface area (Å²) >= 11 is 0. The molecule has 0 fully saturated rings. The highest BCUT2D eigenvalue weighted by Crippen LogP contribution is 2.22. The minimum Gasteiger partial charge on any atom is -0.481 e. The van der Waals surface area contributed by atoms with Crippen molar-refractivity contribution in [1.82, 2.24) is 10.1 Å². The van der Waals surface area contributed by atoms with E-state index in [9.17, 15) is 4.79 Å². The lowest BCUT2D eigenvalue weighted by Crippen LogP contribution is -1.94. The molecule has 0 radical (unpaired) electrons. The van der Waals surface area contributed by atoms with Crippen LogP contribution in [0.3, 0.4) is 0 Å². The molecule has 16 heavy (non-hydrogen) atoms. The van der Waals surface area contributed by atoms with Gasteiger partial charge in [-0.05, 0) is 6.07 Å². The van der Waals surface area contributed by atoms with Crippen LogP contribution in [0.5, 0.6) is 5.88 Å². The fraction of sp³-hybridized carbons (Fsp3) is 0.100. The molecule has 0 saturated heterocycles. The lowest BCUT2D eigenvalue weighted by Gasteiger charge is -1.99. The third kappa shape index (κ3) is 1.85. The van der Waals surface area contributed by atoms with Crippen molar-refractivity contribution in [2.45, 2.75) is 0 Å². The molecule has 0 unspecified atom stereocenters. The van der Waals surface area contributed by atoms with Crippen LogP contribution < -0.4 is 4.74 Å². The van der Waals surface area contributed by atoms with Gasteiger partial charge in [0, 0.05) is 23.9 Å². The topological polar surface area (TPSA) is 85.5 Å². The quantitative estimate of drug-likeness (QED) is 0.842. The second kappa shape index (κ2) is 4.01. The number of hydrogen-bond acceptors (Lipinski definition) is 5. The van der Waals surface area contributed by atoms with Crippen LogP contribution in [0, 0.1) is 0 Å². The first-order valence-electron chi connectivity index (χ1n) is 4.41. The molecular weight excluding hydrogens is 212 g/mol. The Morgan fingerprint density at radius 3 is 2.94 bits per heavy atom. The molecular formula is C10H8N2O4. The number of hydrogen-bond donors (Lipinski definition) is 1. The van der Waals surface area contributed by atoms with E-state index in [4.69, 9.17) is 14.4 Å². The summed E-state index contributed by atoms with van der Waals surface area (Å²) in [6.45, 7) is 0. The van der Waals surface area contributed by atoms with Gasteiger partial charge >= 0.3 is 5.97 Å². The zero-order valence-electron chi connectivity index (χ0n) is 8.38. The molecule has 2 aromatic heterocycles. The van der Waals surface area contributed by atoms with E-state index in [-0.39, 0.29) is 5.69 Å². The van der Waals surface area contributed by atoms with E-state index >= 15 is 0 Å². The molecule has 0 aromatic carbocycles. The van der Waals surface area contributed by atoms with Gasteiger partial charge in [-0.2, -0.15) is 0 Å². The molecule has 0 aliphatic carbocycles. The molecule has 2 aromatic rings. The maximum atomic E-state index is 10.6. The SMILES string of the molecule is COc1cc(-c2cc(C(=O)O)no2)ccn1. The third-order valence-corrected chi connectivity index (χ3v) is 1.96. The van der Waals surface area contributed by atoms with E-state index in [0.29, 0.717) is 17.2 Å². The van der Waals surface area contributed by atoms with Crippen molar-refractivity contribution in [2.24, 2.45) is 0 Å². The van der Waals surface area contributed by atoms with Gasteiger partial charge in [-0.1, -0.05) is 5.16 Å². The van der Waals surface area contributed by atoms with Gasteiger partial charge in [-0.15, -0.1) is 0 Å². The standard InChI is InChI=1S/C10H8N2O4/c1-15-9-4-6(2-3-11-9)8-5-7(10(13)14)12-16-8/h2-5H,1H3,(H,13,14). The Labute approximate surface area is 90.5 Å². The molecule has 2 rings (SSSR count). The fourth-order valence-corrected chi connectivity index (χ4v) is 1.19. The van der Waals surface area contributed by atoms with E-state index in [1.807, 2.05) is 0 Å². The van der Waals surface area contributed by atoms with Crippen LogP contribution >= 0.6 is 0 Å². The highest BCUT2D eigenvalue weighted by atomic mass is 16.5. The van der Waals surface area contributed by atoms with E-state index in [1.165, 1.54) is 19.4 Å². The average Bonchev–Trinajstić information content (AvgIpc) is 2.78. The largest absolute Gasteiger partial charge is 0.481 e. The van der Waals surface area contributed by atoms with E-state index < -0.39 is 5.97 Å². The molecule has 0 saturated carbocycles. The summed E-state index contributed by atoms with van der Waals surface area (Å²) in [5.74, 6) is -0.347. The smallest absolute Gasteiger partial charge is 0.358 e. The molecule has 82 valence electrons. The van der Waals surface area contributed by atoms with Crippen LogP contribution in [0.15, 0.2) is 28.9 Å². The van der Waals surface area contributed by atoms with E-state index in [0.717, 1.165) is 0 Å². The molecule has 0 amide bonds. The van der Waals surface area contributed by atoms with Gasteiger partial charge in [0.2, 0.25) is 5.88 Å². The van der Waals surface area contributed by atoms with Gasteiger partial charge in [0.25, 0.3) is 0 Å². The number of aromatic carboxylic acids is 1. The summed E-state index contributed by atoms with van der Waals surface area (Å²) in [4.78, 5) is 14.5. The normalized spacial score (nSPS) is 10.1. The molecule has 6 heteroatoms. The van der Waals surface area contributed by atoms with Gasteiger partial charge in [0.15, 0.2) is 11.5 Å². The van der Waals surface area contributed by atoms with Gasteiger partial charge < -0.3 is 14.4 Å². The summed E-state index contributed by atoms with van der Waals surface area (Å²) < 4.78 is 9.84. The number of carboxylic acid groups (broad SMARTS) is 1. The maximum Gasteiger partial charge on any atom is 0.358 e. The average molecular weight is 220 g/mol. The van der Waals surface area contributed by atoms with Gasteiger partial charge in [-0.25, -0.2) is 9.78 Å². The van der Waals surface area contributed by atoms with Crippen LogP contribution in [-0.4, -0.2) is 28.3 Å². The Morgan fingerprint density at radius 2 is 2.31 bits per heavy atom. The fourth-order valence-electron chi connectivity index (χ4n) is 1.19. The molecule has 1 N–H and O–H groups in total. The van der Waals surface area contributed by atoms with Gasteiger partial charge in [-0.3, -0.25) is 0 Å². The zero-order chi connectivity index (χ0) is 11.5. The number of carbonyl (C=O) groups is 1. The summed E-state index contributed by atoms with van der Waals surface area (Å²) in [6.07, 6.45) is 1.54. The van der Waals surface area contributed by atoms with Crippen molar-refractivity contribution < 1.29 is 19.2 Å². The predicted octanol–water partition coefficient (Wildman–Crippen LogP) is 1.44.